The summed E-state index contributed by atoms with van der Waals surface area (Å²) in [5.74, 6) is -1.34. The molecule has 0 saturated carbocycles. The van der Waals surface area contributed by atoms with Crippen LogP contribution in [0.5, 0.6) is 0 Å². The highest BCUT2D eigenvalue weighted by Crippen LogP contribution is 2.19. The summed E-state index contributed by atoms with van der Waals surface area (Å²) < 4.78 is 10.4. The van der Waals surface area contributed by atoms with Gasteiger partial charge in [0.1, 0.15) is 0 Å². The second-order valence-electron chi connectivity index (χ2n) is 7.15. The van der Waals surface area contributed by atoms with Gasteiger partial charge in [-0.05, 0) is 56.2 Å². The summed E-state index contributed by atoms with van der Waals surface area (Å²) in [4.78, 5) is 37.2. The molecule has 2 amide bonds. The molecule has 7 heteroatoms. The fourth-order valence-corrected chi connectivity index (χ4v) is 2.91. The molecule has 0 bridgehead atoms. The highest BCUT2D eigenvalue weighted by Gasteiger charge is 2.21. The first-order chi connectivity index (χ1) is 14.8. The van der Waals surface area contributed by atoms with Gasteiger partial charge in [-0.25, -0.2) is 4.79 Å². The third-order valence-corrected chi connectivity index (χ3v) is 4.78. The highest BCUT2D eigenvalue weighted by molar-refractivity contribution is 6.03. The Labute approximate surface area is 180 Å². The van der Waals surface area contributed by atoms with E-state index in [1.165, 1.54) is 19.3 Å². The molecule has 0 radical (unpaired) electrons. The van der Waals surface area contributed by atoms with Crippen LogP contribution in [-0.2, 0) is 9.53 Å². The molecule has 160 valence electrons. The van der Waals surface area contributed by atoms with Crippen molar-refractivity contribution in [3.63, 3.8) is 0 Å². The molecule has 31 heavy (non-hydrogen) atoms. The van der Waals surface area contributed by atoms with E-state index in [2.05, 4.69) is 10.6 Å². The molecule has 1 heterocycles. The van der Waals surface area contributed by atoms with Crippen LogP contribution in [0.1, 0.15) is 51.9 Å². The Kier molecular flexibility index (Phi) is 6.87. The number of furan rings is 1. The number of aryl methyl sites for hydroxylation is 1. The standard InChI is InChI=1S/C24H24N2O5/c1-15-11-12-19(14-20(15)26-23(28)21-10-7-13-30-21)24(29)31-17(3)22(27)25-16(2)18-8-5-4-6-9-18/h4-14,16-17H,1-3H3,(H,25,27)(H,26,28). The van der Waals surface area contributed by atoms with E-state index in [1.807, 2.05) is 37.3 Å². The molecule has 3 rings (SSSR count). The van der Waals surface area contributed by atoms with Crippen LogP contribution in [0.25, 0.3) is 0 Å². The molecule has 0 spiro atoms. The summed E-state index contributed by atoms with van der Waals surface area (Å²) in [6.07, 6.45) is 0.418. The number of amides is 2. The van der Waals surface area contributed by atoms with Gasteiger partial charge in [0.15, 0.2) is 11.9 Å². The van der Waals surface area contributed by atoms with Crippen molar-refractivity contribution in [2.45, 2.75) is 32.9 Å². The molecule has 2 atom stereocenters. The summed E-state index contributed by atoms with van der Waals surface area (Å²) in [5, 5.41) is 5.54. The van der Waals surface area contributed by atoms with Crippen molar-refractivity contribution >= 4 is 23.5 Å². The van der Waals surface area contributed by atoms with Gasteiger partial charge in [0, 0.05) is 5.69 Å². The van der Waals surface area contributed by atoms with E-state index in [4.69, 9.17) is 9.15 Å². The predicted molar refractivity (Wildman–Crippen MR) is 116 cm³/mol. The second kappa shape index (κ2) is 9.75. The van der Waals surface area contributed by atoms with Crippen LogP contribution in [0.2, 0.25) is 0 Å². The molecule has 2 unspecified atom stereocenters. The van der Waals surface area contributed by atoms with Gasteiger partial charge in [0.2, 0.25) is 0 Å². The number of hydrogen-bond acceptors (Lipinski definition) is 5. The smallest absolute Gasteiger partial charge is 0.338 e. The Morgan fingerprint density at radius 1 is 0.968 bits per heavy atom. The quantitative estimate of drug-likeness (QED) is 0.557. The van der Waals surface area contributed by atoms with Crippen LogP contribution in [0.15, 0.2) is 71.3 Å². The molecule has 0 saturated heterocycles. The summed E-state index contributed by atoms with van der Waals surface area (Å²) in [6, 6.07) is 17.2. The van der Waals surface area contributed by atoms with Crippen molar-refractivity contribution in [2.75, 3.05) is 5.32 Å². The van der Waals surface area contributed by atoms with E-state index in [0.717, 1.165) is 11.1 Å². The van der Waals surface area contributed by atoms with Crippen LogP contribution in [0, 0.1) is 6.92 Å². The van der Waals surface area contributed by atoms with Gasteiger partial charge in [0.25, 0.3) is 11.8 Å². The number of rotatable bonds is 7. The average molecular weight is 420 g/mol. The minimum Gasteiger partial charge on any atom is -0.459 e. The van der Waals surface area contributed by atoms with Crippen LogP contribution in [0.4, 0.5) is 5.69 Å². The van der Waals surface area contributed by atoms with E-state index in [1.54, 1.807) is 31.2 Å². The number of ether oxygens (including phenoxy) is 1. The lowest BCUT2D eigenvalue weighted by atomic mass is 10.1. The van der Waals surface area contributed by atoms with Crippen molar-refractivity contribution in [1.82, 2.24) is 5.32 Å². The van der Waals surface area contributed by atoms with E-state index >= 15 is 0 Å². The largest absolute Gasteiger partial charge is 0.459 e. The Balaban J connectivity index is 1.63. The Morgan fingerprint density at radius 2 is 1.71 bits per heavy atom. The van der Waals surface area contributed by atoms with Crippen molar-refractivity contribution in [3.8, 4) is 0 Å². The first-order valence-electron chi connectivity index (χ1n) is 9.87. The lowest BCUT2D eigenvalue weighted by Gasteiger charge is -2.18. The maximum atomic E-state index is 12.6. The number of carbonyl (C=O) groups excluding carboxylic acids is 3. The SMILES string of the molecule is Cc1ccc(C(=O)OC(C)C(=O)NC(C)c2ccccc2)cc1NC(=O)c1ccco1. The predicted octanol–water partition coefficient (Wildman–Crippen LogP) is 4.26. The first kappa shape index (κ1) is 21.8. The van der Waals surface area contributed by atoms with Gasteiger partial charge in [-0.1, -0.05) is 36.4 Å². The topological polar surface area (TPSA) is 97.6 Å². The molecule has 7 nitrogen and oxygen atoms in total. The molecular weight excluding hydrogens is 396 g/mol. The van der Waals surface area contributed by atoms with Crippen LogP contribution < -0.4 is 10.6 Å². The fraction of sp³-hybridized carbons (Fsp3) is 0.208. The summed E-state index contributed by atoms with van der Waals surface area (Å²) in [7, 11) is 0. The second-order valence-corrected chi connectivity index (χ2v) is 7.15. The Hall–Kier alpha value is -3.87. The number of benzene rings is 2. The molecule has 0 aliphatic carbocycles. The van der Waals surface area contributed by atoms with E-state index in [-0.39, 0.29) is 17.4 Å². The maximum Gasteiger partial charge on any atom is 0.338 e. The number of hydrogen-bond donors (Lipinski definition) is 2. The van der Waals surface area contributed by atoms with E-state index in [0.29, 0.717) is 5.69 Å². The van der Waals surface area contributed by atoms with Gasteiger partial charge in [-0.3, -0.25) is 9.59 Å². The molecule has 2 aromatic carbocycles. The minimum atomic E-state index is -0.985. The first-order valence-corrected chi connectivity index (χ1v) is 9.87. The minimum absolute atomic E-state index is 0.158. The molecule has 1 aromatic heterocycles. The van der Waals surface area contributed by atoms with E-state index in [9.17, 15) is 14.4 Å². The third-order valence-electron chi connectivity index (χ3n) is 4.78. The highest BCUT2D eigenvalue weighted by atomic mass is 16.5. The van der Waals surface area contributed by atoms with Gasteiger partial charge in [-0.15, -0.1) is 0 Å². The van der Waals surface area contributed by atoms with Crippen molar-refractivity contribution in [1.29, 1.82) is 0 Å². The summed E-state index contributed by atoms with van der Waals surface area (Å²) in [6.45, 7) is 5.17. The molecule has 2 N–H and O–H groups in total. The molecular formula is C24H24N2O5. The van der Waals surface area contributed by atoms with Crippen molar-refractivity contribution in [3.05, 3.63) is 89.4 Å². The number of carbonyl (C=O) groups is 3. The number of anilines is 1. The zero-order valence-electron chi connectivity index (χ0n) is 17.5. The number of nitrogens with one attached hydrogen (secondary N) is 2. The average Bonchev–Trinajstić information content (AvgIpc) is 3.30. The lowest BCUT2D eigenvalue weighted by Crippen LogP contribution is -2.37. The van der Waals surface area contributed by atoms with Crippen molar-refractivity contribution in [2.24, 2.45) is 0 Å². The summed E-state index contributed by atoms with van der Waals surface area (Å²) in [5.41, 5.74) is 2.38. The molecule has 0 aliphatic heterocycles. The Bertz CT molecular complexity index is 1060. The monoisotopic (exact) mass is 420 g/mol. The van der Waals surface area contributed by atoms with Gasteiger partial charge < -0.3 is 19.8 Å². The molecule has 0 fully saturated rings. The van der Waals surface area contributed by atoms with Crippen molar-refractivity contribution < 1.29 is 23.5 Å². The van der Waals surface area contributed by atoms with Crippen LogP contribution >= 0.6 is 0 Å². The molecule has 3 aromatic rings. The lowest BCUT2D eigenvalue weighted by molar-refractivity contribution is -0.129. The zero-order chi connectivity index (χ0) is 22.4. The van der Waals surface area contributed by atoms with Crippen LogP contribution in [-0.4, -0.2) is 23.9 Å². The Morgan fingerprint density at radius 3 is 2.39 bits per heavy atom. The maximum absolute atomic E-state index is 12.6. The van der Waals surface area contributed by atoms with E-state index < -0.39 is 23.9 Å². The van der Waals surface area contributed by atoms with Gasteiger partial charge >= 0.3 is 5.97 Å². The molecule has 0 aliphatic rings. The fourth-order valence-electron chi connectivity index (χ4n) is 2.91. The van der Waals surface area contributed by atoms with Gasteiger partial charge in [-0.2, -0.15) is 0 Å². The van der Waals surface area contributed by atoms with Gasteiger partial charge in [0.05, 0.1) is 17.9 Å². The number of esters is 1. The normalized spacial score (nSPS) is 12.5. The summed E-state index contributed by atoms with van der Waals surface area (Å²) >= 11 is 0. The van der Waals surface area contributed by atoms with Crippen LogP contribution in [0.3, 0.4) is 0 Å². The zero-order valence-corrected chi connectivity index (χ0v) is 17.5. The third kappa shape index (κ3) is 5.60.